The molecule has 0 radical (unpaired) electrons. The van der Waals surface area contributed by atoms with Crippen molar-refractivity contribution in [1.82, 2.24) is 4.90 Å². The van der Waals surface area contributed by atoms with Gasteiger partial charge < -0.3 is 9.47 Å². The first-order valence-electron chi connectivity index (χ1n) is 6.38. The van der Waals surface area contributed by atoms with Crippen LogP contribution < -0.4 is 9.47 Å². The third kappa shape index (κ3) is 3.93. The lowest BCUT2D eigenvalue weighted by molar-refractivity contribution is 0.183. The minimum atomic E-state index is 0.757. The summed E-state index contributed by atoms with van der Waals surface area (Å²) in [5.41, 5.74) is 0. The summed E-state index contributed by atoms with van der Waals surface area (Å²) in [7, 11) is 1.67. The molecule has 0 bridgehead atoms. The Morgan fingerprint density at radius 3 is 2.65 bits per heavy atom. The molecule has 0 N–H and O–H groups in total. The number of hydrogen-bond donors (Lipinski definition) is 0. The number of nitrogens with zero attached hydrogens (tertiary/aromatic N) is 1. The van der Waals surface area contributed by atoms with Crippen LogP contribution in [0.4, 0.5) is 0 Å². The first-order valence-corrected chi connectivity index (χ1v) is 6.38. The van der Waals surface area contributed by atoms with Crippen molar-refractivity contribution < 1.29 is 9.47 Å². The van der Waals surface area contributed by atoms with Gasteiger partial charge in [0.15, 0.2) is 0 Å². The third-order valence-electron chi connectivity index (χ3n) is 3.17. The summed E-state index contributed by atoms with van der Waals surface area (Å²) in [4.78, 5) is 2.48. The Kier molecular flexibility index (Phi) is 4.68. The molecule has 1 heterocycles. The Bertz CT molecular complexity index is 335. The largest absolute Gasteiger partial charge is 0.497 e. The van der Waals surface area contributed by atoms with Crippen LogP contribution in [-0.2, 0) is 0 Å². The molecule has 0 atom stereocenters. The minimum absolute atomic E-state index is 0.757. The van der Waals surface area contributed by atoms with Gasteiger partial charge in [0.1, 0.15) is 18.1 Å². The Hall–Kier alpha value is -1.22. The van der Waals surface area contributed by atoms with Gasteiger partial charge >= 0.3 is 0 Å². The molecule has 94 valence electrons. The molecule has 0 spiro atoms. The molecular formula is C14H21NO2. The normalized spacial score (nSPS) is 16.8. The molecule has 0 aliphatic carbocycles. The fraction of sp³-hybridized carbons (Fsp3) is 0.571. The summed E-state index contributed by atoms with van der Waals surface area (Å²) in [6, 6.07) is 7.78. The van der Waals surface area contributed by atoms with Crippen LogP contribution in [-0.4, -0.2) is 38.3 Å². The number of likely N-dealkylation sites (tertiary alicyclic amines) is 1. The van der Waals surface area contributed by atoms with E-state index in [-0.39, 0.29) is 0 Å². The van der Waals surface area contributed by atoms with Gasteiger partial charge in [-0.3, -0.25) is 4.90 Å². The Balaban J connectivity index is 1.73. The van der Waals surface area contributed by atoms with Gasteiger partial charge in [-0.05, 0) is 38.1 Å². The molecule has 1 fully saturated rings. The summed E-state index contributed by atoms with van der Waals surface area (Å²) in [6.07, 6.45) is 4.05. The lowest BCUT2D eigenvalue weighted by atomic mass is 10.1. The second-order valence-electron chi connectivity index (χ2n) is 4.43. The van der Waals surface area contributed by atoms with E-state index in [9.17, 15) is 0 Å². The maximum absolute atomic E-state index is 5.73. The van der Waals surface area contributed by atoms with Gasteiger partial charge in [0.2, 0.25) is 0 Å². The number of ether oxygens (including phenoxy) is 2. The second kappa shape index (κ2) is 6.50. The van der Waals surface area contributed by atoms with E-state index in [1.807, 2.05) is 24.3 Å². The van der Waals surface area contributed by atoms with E-state index in [2.05, 4.69) is 4.90 Å². The molecule has 0 unspecified atom stereocenters. The summed E-state index contributed by atoms with van der Waals surface area (Å²) in [5, 5.41) is 0. The van der Waals surface area contributed by atoms with Gasteiger partial charge in [0, 0.05) is 12.6 Å². The predicted molar refractivity (Wildman–Crippen MR) is 68.8 cm³/mol. The zero-order valence-corrected chi connectivity index (χ0v) is 10.5. The Morgan fingerprint density at radius 1 is 1.12 bits per heavy atom. The highest BCUT2D eigenvalue weighted by Gasteiger charge is 2.09. The van der Waals surface area contributed by atoms with Crippen molar-refractivity contribution in [2.75, 3.05) is 33.4 Å². The van der Waals surface area contributed by atoms with Crippen molar-refractivity contribution >= 4 is 0 Å². The molecule has 1 aliphatic rings. The maximum atomic E-state index is 5.73. The van der Waals surface area contributed by atoms with E-state index >= 15 is 0 Å². The van der Waals surface area contributed by atoms with Crippen molar-refractivity contribution in [3.05, 3.63) is 24.3 Å². The Labute approximate surface area is 103 Å². The zero-order valence-electron chi connectivity index (χ0n) is 10.5. The maximum Gasteiger partial charge on any atom is 0.123 e. The average molecular weight is 235 g/mol. The van der Waals surface area contributed by atoms with E-state index < -0.39 is 0 Å². The molecule has 0 saturated carbocycles. The quantitative estimate of drug-likeness (QED) is 0.783. The van der Waals surface area contributed by atoms with E-state index in [0.29, 0.717) is 0 Å². The summed E-state index contributed by atoms with van der Waals surface area (Å²) < 4.78 is 10.9. The van der Waals surface area contributed by atoms with Crippen LogP contribution in [0.1, 0.15) is 19.3 Å². The molecule has 1 aliphatic heterocycles. The lowest BCUT2D eigenvalue weighted by Crippen LogP contribution is -2.33. The van der Waals surface area contributed by atoms with E-state index in [1.165, 1.54) is 32.4 Å². The highest BCUT2D eigenvalue weighted by molar-refractivity contribution is 5.32. The number of rotatable bonds is 5. The number of benzene rings is 1. The fourth-order valence-electron chi connectivity index (χ4n) is 2.17. The SMILES string of the molecule is COc1cccc(OCCN2CCCCC2)c1. The molecule has 17 heavy (non-hydrogen) atoms. The van der Waals surface area contributed by atoms with Crippen LogP contribution in [0, 0.1) is 0 Å². The number of hydrogen-bond acceptors (Lipinski definition) is 3. The molecule has 2 rings (SSSR count). The predicted octanol–water partition coefficient (Wildman–Crippen LogP) is 2.56. The summed E-state index contributed by atoms with van der Waals surface area (Å²) in [5.74, 6) is 1.74. The molecule has 3 heteroatoms. The lowest BCUT2D eigenvalue weighted by Gasteiger charge is -2.26. The van der Waals surface area contributed by atoms with Crippen LogP contribution in [0.15, 0.2) is 24.3 Å². The topological polar surface area (TPSA) is 21.7 Å². The molecular weight excluding hydrogens is 214 g/mol. The van der Waals surface area contributed by atoms with E-state index in [1.54, 1.807) is 7.11 Å². The highest BCUT2D eigenvalue weighted by atomic mass is 16.5. The van der Waals surface area contributed by atoms with Gasteiger partial charge in [0.05, 0.1) is 7.11 Å². The number of methoxy groups -OCH3 is 1. The molecule has 0 amide bonds. The summed E-state index contributed by atoms with van der Waals surface area (Å²) >= 11 is 0. The zero-order chi connectivity index (χ0) is 11.9. The van der Waals surface area contributed by atoms with Crippen molar-refractivity contribution in [3.63, 3.8) is 0 Å². The molecule has 0 aromatic heterocycles. The third-order valence-corrected chi connectivity index (χ3v) is 3.17. The van der Waals surface area contributed by atoms with Crippen molar-refractivity contribution in [2.24, 2.45) is 0 Å². The smallest absolute Gasteiger partial charge is 0.123 e. The standard InChI is InChI=1S/C14H21NO2/c1-16-13-6-5-7-14(12-13)17-11-10-15-8-3-2-4-9-15/h5-7,12H,2-4,8-11H2,1H3. The first kappa shape index (κ1) is 12.2. The molecule has 1 aromatic rings. The van der Waals surface area contributed by atoms with Crippen molar-refractivity contribution in [2.45, 2.75) is 19.3 Å². The van der Waals surface area contributed by atoms with Crippen molar-refractivity contribution in [3.8, 4) is 11.5 Å². The first-order chi connectivity index (χ1) is 8.38. The fourth-order valence-corrected chi connectivity index (χ4v) is 2.17. The van der Waals surface area contributed by atoms with E-state index in [4.69, 9.17) is 9.47 Å². The Morgan fingerprint density at radius 2 is 1.88 bits per heavy atom. The van der Waals surface area contributed by atoms with Gasteiger partial charge in [0.25, 0.3) is 0 Å². The van der Waals surface area contributed by atoms with Gasteiger partial charge in [-0.1, -0.05) is 12.5 Å². The van der Waals surface area contributed by atoms with Crippen LogP contribution in [0.2, 0.25) is 0 Å². The van der Waals surface area contributed by atoms with Gasteiger partial charge in [-0.25, -0.2) is 0 Å². The average Bonchev–Trinajstić information content (AvgIpc) is 2.40. The summed E-state index contributed by atoms with van der Waals surface area (Å²) in [6.45, 7) is 4.23. The van der Waals surface area contributed by atoms with Crippen LogP contribution in [0.5, 0.6) is 11.5 Å². The van der Waals surface area contributed by atoms with Gasteiger partial charge in [-0.2, -0.15) is 0 Å². The van der Waals surface area contributed by atoms with Crippen LogP contribution >= 0.6 is 0 Å². The highest BCUT2D eigenvalue weighted by Crippen LogP contribution is 2.18. The van der Waals surface area contributed by atoms with Crippen LogP contribution in [0.3, 0.4) is 0 Å². The monoisotopic (exact) mass is 235 g/mol. The second-order valence-corrected chi connectivity index (χ2v) is 4.43. The molecule has 3 nitrogen and oxygen atoms in total. The minimum Gasteiger partial charge on any atom is -0.497 e. The van der Waals surface area contributed by atoms with Crippen LogP contribution in [0.25, 0.3) is 0 Å². The van der Waals surface area contributed by atoms with E-state index in [0.717, 1.165) is 24.7 Å². The van der Waals surface area contributed by atoms with Gasteiger partial charge in [-0.15, -0.1) is 0 Å². The van der Waals surface area contributed by atoms with Crippen molar-refractivity contribution in [1.29, 1.82) is 0 Å². The molecule has 1 saturated heterocycles. The molecule has 1 aromatic carbocycles. The number of piperidine rings is 1.